The van der Waals surface area contributed by atoms with Gasteiger partial charge in [-0.1, -0.05) is 23.7 Å². The normalized spacial score (nSPS) is 20.5. The second kappa shape index (κ2) is 4.51. The Hall–Kier alpha value is -1.14. The van der Waals surface area contributed by atoms with Crippen LogP contribution >= 0.6 is 11.6 Å². The molecular weight excluding hydrogens is 281 g/mol. The van der Waals surface area contributed by atoms with Crippen molar-refractivity contribution < 1.29 is 17.1 Å². The molecule has 2 rings (SSSR count). The molecule has 1 fully saturated rings. The number of carbonyl (C=O) groups is 1. The van der Waals surface area contributed by atoms with Gasteiger partial charge in [0, 0.05) is 13.0 Å². The van der Waals surface area contributed by atoms with E-state index in [1.165, 1.54) is 4.90 Å². The molecule has 0 spiro atoms. The minimum absolute atomic E-state index is 0.192. The smallest absolute Gasteiger partial charge is 0.307 e. The first-order valence-corrected chi connectivity index (χ1v) is 7.12. The SMILES string of the molecule is Cc1cccc(Cl)c1N1CC(S(=O)(=O)F)CC1=O. The number of halogens is 2. The maximum Gasteiger partial charge on any atom is 0.307 e. The standard InChI is InChI=1S/C11H11ClFNO3S/c1-7-3-2-4-9(12)11(7)14-6-8(5-10(14)15)18(13,16)17/h2-4,8H,5-6H2,1H3. The van der Waals surface area contributed by atoms with E-state index in [0.29, 0.717) is 10.7 Å². The molecule has 0 aromatic heterocycles. The van der Waals surface area contributed by atoms with Crippen molar-refractivity contribution >= 4 is 33.4 Å². The number of para-hydroxylation sites is 1. The minimum Gasteiger partial charge on any atom is -0.309 e. The van der Waals surface area contributed by atoms with Gasteiger partial charge >= 0.3 is 10.2 Å². The Balaban J connectivity index is 2.39. The molecule has 1 unspecified atom stereocenters. The third kappa shape index (κ3) is 2.35. The second-order valence-corrected chi connectivity index (χ2v) is 6.24. The fraction of sp³-hybridized carbons (Fsp3) is 0.364. The second-order valence-electron chi connectivity index (χ2n) is 4.21. The van der Waals surface area contributed by atoms with Gasteiger partial charge in [0.15, 0.2) is 0 Å². The van der Waals surface area contributed by atoms with Gasteiger partial charge in [0.25, 0.3) is 0 Å². The predicted molar refractivity (Wildman–Crippen MR) is 67.0 cm³/mol. The van der Waals surface area contributed by atoms with Crippen molar-refractivity contribution in [3.63, 3.8) is 0 Å². The lowest BCUT2D eigenvalue weighted by atomic mass is 10.2. The van der Waals surface area contributed by atoms with Crippen LogP contribution in [0.15, 0.2) is 18.2 Å². The van der Waals surface area contributed by atoms with Crippen molar-refractivity contribution in [1.29, 1.82) is 0 Å². The highest BCUT2D eigenvalue weighted by atomic mass is 35.5. The van der Waals surface area contributed by atoms with Gasteiger partial charge < -0.3 is 4.90 Å². The molecule has 98 valence electrons. The molecule has 0 N–H and O–H groups in total. The van der Waals surface area contributed by atoms with Gasteiger partial charge in [0.05, 0.1) is 10.7 Å². The Labute approximate surface area is 110 Å². The molecule has 1 aliphatic rings. The molecule has 1 saturated heterocycles. The number of hydrogen-bond donors (Lipinski definition) is 0. The van der Waals surface area contributed by atoms with Crippen LogP contribution in [0, 0.1) is 6.92 Å². The van der Waals surface area contributed by atoms with Gasteiger partial charge in [-0.3, -0.25) is 4.79 Å². The fourth-order valence-electron chi connectivity index (χ4n) is 2.04. The highest BCUT2D eigenvalue weighted by Crippen LogP contribution is 2.34. The molecule has 7 heteroatoms. The topological polar surface area (TPSA) is 54.5 Å². The molecule has 1 aromatic carbocycles. The summed E-state index contributed by atoms with van der Waals surface area (Å²) < 4.78 is 34.6. The molecule has 0 saturated carbocycles. The van der Waals surface area contributed by atoms with Gasteiger partial charge in [0.2, 0.25) is 5.91 Å². The van der Waals surface area contributed by atoms with Crippen molar-refractivity contribution in [2.75, 3.05) is 11.4 Å². The van der Waals surface area contributed by atoms with Crippen LogP contribution in [-0.4, -0.2) is 26.1 Å². The van der Waals surface area contributed by atoms with E-state index >= 15 is 0 Å². The first kappa shape index (κ1) is 13.3. The van der Waals surface area contributed by atoms with E-state index in [0.717, 1.165) is 5.56 Å². The van der Waals surface area contributed by atoms with E-state index in [1.54, 1.807) is 25.1 Å². The number of aryl methyl sites for hydroxylation is 1. The van der Waals surface area contributed by atoms with Gasteiger partial charge in [-0.05, 0) is 18.6 Å². The molecule has 18 heavy (non-hydrogen) atoms. The molecule has 1 amide bonds. The molecule has 0 radical (unpaired) electrons. The zero-order valence-corrected chi connectivity index (χ0v) is 11.1. The van der Waals surface area contributed by atoms with Crippen LogP contribution < -0.4 is 4.90 Å². The summed E-state index contributed by atoms with van der Waals surface area (Å²) in [6.07, 6.45) is -0.344. The number of carbonyl (C=O) groups excluding carboxylic acids is 1. The highest BCUT2D eigenvalue weighted by molar-refractivity contribution is 7.87. The summed E-state index contributed by atoms with van der Waals surface area (Å²) >= 11 is 6.00. The van der Waals surface area contributed by atoms with E-state index in [1.807, 2.05) is 0 Å². The Morgan fingerprint density at radius 1 is 1.44 bits per heavy atom. The third-order valence-electron chi connectivity index (χ3n) is 2.95. The predicted octanol–water partition coefficient (Wildman–Crippen LogP) is 2.05. The summed E-state index contributed by atoms with van der Waals surface area (Å²) in [7, 11) is -4.71. The van der Waals surface area contributed by atoms with E-state index in [4.69, 9.17) is 11.6 Å². The van der Waals surface area contributed by atoms with Crippen LogP contribution in [0.25, 0.3) is 0 Å². The van der Waals surface area contributed by atoms with Crippen LogP contribution in [-0.2, 0) is 15.0 Å². The zero-order valence-electron chi connectivity index (χ0n) is 9.56. The Bertz CT molecular complexity index is 582. The van der Waals surface area contributed by atoms with Crippen molar-refractivity contribution in [3.05, 3.63) is 28.8 Å². The molecule has 1 aromatic rings. The van der Waals surface area contributed by atoms with E-state index < -0.39 is 21.4 Å². The molecule has 4 nitrogen and oxygen atoms in total. The molecule has 1 aliphatic heterocycles. The quantitative estimate of drug-likeness (QED) is 0.784. The Morgan fingerprint density at radius 2 is 2.11 bits per heavy atom. The number of rotatable bonds is 2. The van der Waals surface area contributed by atoms with Crippen LogP contribution in [0.5, 0.6) is 0 Å². The number of benzene rings is 1. The lowest BCUT2D eigenvalue weighted by Gasteiger charge is -2.19. The lowest BCUT2D eigenvalue weighted by Crippen LogP contribution is -2.27. The van der Waals surface area contributed by atoms with Crippen molar-refractivity contribution in [1.82, 2.24) is 0 Å². The largest absolute Gasteiger partial charge is 0.309 e. The van der Waals surface area contributed by atoms with Crippen LogP contribution in [0.1, 0.15) is 12.0 Å². The number of anilines is 1. The summed E-state index contributed by atoms with van der Waals surface area (Å²) in [6, 6.07) is 5.09. The van der Waals surface area contributed by atoms with Crippen LogP contribution in [0.3, 0.4) is 0 Å². The fourth-order valence-corrected chi connectivity index (χ4v) is 3.04. The Morgan fingerprint density at radius 3 is 2.61 bits per heavy atom. The van der Waals surface area contributed by atoms with Gasteiger partial charge in [-0.2, -0.15) is 8.42 Å². The summed E-state index contributed by atoms with van der Waals surface area (Å²) in [6.45, 7) is 1.56. The number of nitrogens with zero attached hydrogens (tertiary/aromatic N) is 1. The van der Waals surface area contributed by atoms with Gasteiger partial charge in [0.1, 0.15) is 5.25 Å². The summed E-state index contributed by atoms with van der Waals surface area (Å²) in [5.41, 5.74) is 1.20. The zero-order chi connectivity index (χ0) is 13.5. The first-order valence-electron chi connectivity index (χ1n) is 5.29. The average Bonchev–Trinajstić information content (AvgIpc) is 2.60. The van der Waals surface area contributed by atoms with E-state index in [2.05, 4.69) is 0 Å². The third-order valence-corrected chi connectivity index (χ3v) is 4.36. The molecule has 1 heterocycles. The number of amides is 1. The van der Waals surface area contributed by atoms with Crippen molar-refractivity contribution in [3.8, 4) is 0 Å². The molecular formula is C11H11ClFNO3S. The van der Waals surface area contributed by atoms with Crippen LogP contribution in [0.4, 0.5) is 9.57 Å². The van der Waals surface area contributed by atoms with E-state index in [9.17, 15) is 17.1 Å². The first-order chi connectivity index (χ1) is 8.30. The minimum atomic E-state index is -4.71. The summed E-state index contributed by atoms with van der Waals surface area (Å²) in [4.78, 5) is 13.0. The monoisotopic (exact) mass is 291 g/mol. The van der Waals surface area contributed by atoms with Gasteiger partial charge in [-0.25, -0.2) is 0 Å². The highest BCUT2D eigenvalue weighted by Gasteiger charge is 2.40. The number of hydrogen-bond acceptors (Lipinski definition) is 3. The molecule has 1 atom stereocenters. The molecule has 0 bridgehead atoms. The summed E-state index contributed by atoms with van der Waals surface area (Å²) in [5, 5.41) is -0.957. The lowest BCUT2D eigenvalue weighted by molar-refractivity contribution is -0.117. The average molecular weight is 292 g/mol. The van der Waals surface area contributed by atoms with Crippen molar-refractivity contribution in [2.24, 2.45) is 0 Å². The van der Waals surface area contributed by atoms with Crippen molar-refractivity contribution in [2.45, 2.75) is 18.6 Å². The van der Waals surface area contributed by atoms with E-state index in [-0.39, 0.29) is 13.0 Å². The molecule has 0 aliphatic carbocycles. The summed E-state index contributed by atoms with van der Waals surface area (Å²) in [5.74, 6) is -0.433. The maximum absolute atomic E-state index is 12.9. The van der Waals surface area contributed by atoms with Gasteiger partial charge in [-0.15, -0.1) is 3.89 Å². The Kier molecular flexibility index (Phi) is 3.33. The van der Waals surface area contributed by atoms with Crippen LogP contribution in [0.2, 0.25) is 5.02 Å². The maximum atomic E-state index is 12.9.